The highest BCUT2D eigenvalue weighted by molar-refractivity contribution is 7.91. The Morgan fingerprint density at radius 2 is 1.75 bits per heavy atom. The lowest BCUT2D eigenvalue weighted by Gasteiger charge is -2.19. The molecule has 0 bridgehead atoms. The fraction of sp³-hybridized carbons (Fsp3) is 0.250. The molecule has 1 aliphatic rings. The number of rotatable bonds is 5. The van der Waals surface area contributed by atoms with Crippen molar-refractivity contribution in [3.05, 3.63) is 59.2 Å². The summed E-state index contributed by atoms with van der Waals surface area (Å²) in [6, 6.07) is 9.61. The normalized spacial score (nSPS) is 15.1. The van der Waals surface area contributed by atoms with Crippen molar-refractivity contribution >= 4 is 27.5 Å². The predicted molar refractivity (Wildman–Crippen MR) is 99.9 cm³/mol. The van der Waals surface area contributed by atoms with Gasteiger partial charge in [-0.15, -0.1) is 0 Å². The Bertz CT molecular complexity index is 1070. The van der Waals surface area contributed by atoms with E-state index in [1.807, 2.05) is 13.8 Å². The molecular weight excluding hydrogens is 382 g/mol. The number of benzene rings is 2. The number of hydrogen-bond donors (Lipinski definition) is 1. The molecule has 0 aromatic heterocycles. The number of nitrogens with one attached hydrogen (secondary N) is 1. The SMILES string of the molecule is CCC(C)NC(=O)COC(=O)c1ccc2c(c1)S(=O)(=O)c1ccccc1C2=O. The quantitative estimate of drug-likeness (QED) is 0.657. The van der Waals surface area contributed by atoms with Crippen LogP contribution in [0.15, 0.2) is 52.3 Å². The second-order valence-electron chi connectivity index (χ2n) is 6.49. The molecule has 1 amide bonds. The van der Waals surface area contributed by atoms with Crippen molar-refractivity contribution in [2.75, 3.05) is 6.61 Å². The van der Waals surface area contributed by atoms with Crippen LogP contribution in [0.2, 0.25) is 0 Å². The Kier molecular flexibility index (Phi) is 5.33. The zero-order chi connectivity index (χ0) is 20.5. The van der Waals surface area contributed by atoms with Crippen LogP contribution in [0.3, 0.4) is 0 Å². The molecule has 2 aromatic carbocycles. The first-order chi connectivity index (χ1) is 13.3. The molecule has 1 N–H and O–H groups in total. The maximum Gasteiger partial charge on any atom is 0.338 e. The molecule has 1 unspecified atom stereocenters. The Morgan fingerprint density at radius 3 is 2.46 bits per heavy atom. The third-order valence-corrected chi connectivity index (χ3v) is 6.38. The number of carbonyl (C=O) groups is 3. The van der Waals surface area contributed by atoms with Gasteiger partial charge in [-0.2, -0.15) is 0 Å². The highest BCUT2D eigenvalue weighted by atomic mass is 32.2. The van der Waals surface area contributed by atoms with Crippen LogP contribution in [-0.2, 0) is 19.4 Å². The van der Waals surface area contributed by atoms with Gasteiger partial charge in [0.15, 0.2) is 12.4 Å². The van der Waals surface area contributed by atoms with Gasteiger partial charge in [0.2, 0.25) is 9.84 Å². The standard InChI is InChI=1S/C20H19NO6S/c1-3-12(2)21-18(22)11-27-20(24)13-8-9-15-17(10-13)28(25,26)16-7-5-4-6-14(16)19(15)23/h4-10,12H,3,11H2,1-2H3,(H,21,22). The average Bonchev–Trinajstić information content (AvgIpc) is 2.70. The summed E-state index contributed by atoms with van der Waals surface area (Å²) in [6.45, 7) is 3.25. The number of ether oxygens (including phenoxy) is 1. The minimum atomic E-state index is -3.95. The third-order valence-electron chi connectivity index (χ3n) is 4.53. The Hall–Kier alpha value is -3.00. The van der Waals surface area contributed by atoms with Crippen LogP contribution < -0.4 is 5.32 Å². The summed E-state index contributed by atoms with van der Waals surface area (Å²) in [5.41, 5.74) is 0.0580. The highest BCUT2D eigenvalue weighted by Crippen LogP contribution is 2.34. The number of fused-ring (bicyclic) bond motifs is 2. The van der Waals surface area contributed by atoms with E-state index in [0.717, 1.165) is 12.5 Å². The molecule has 1 aliphatic heterocycles. The lowest BCUT2D eigenvalue weighted by molar-refractivity contribution is -0.124. The van der Waals surface area contributed by atoms with E-state index in [9.17, 15) is 22.8 Å². The molecule has 0 radical (unpaired) electrons. The van der Waals surface area contributed by atoms with Crippen molar-refractivity contribution in [3.63, 3.8) is 0 Å². The summed E-state index contributed by atoms with van der Waals surface area (Å²) >= 11 is 0. The molecule has 2 aromatic rings. The van der Waals surface area contributed by atoms with E-state index in [1.165, 1.54) is 30.3 Å². The molecule has 0 fully saturated rings. The summed E-state index contributed by atoms with van der Waals surface area (Å²) in [5, 5.41) is 2.66. The van der Waals surface area contributed by atoms with Crippen LogP contribution in [0.25, 0.3) is 0 Å². The fourth-order valence-electron chi connectivity index (χ4n) is 2.84. The molecule has 1 heterocycles. The Morgan fingerprint density at radius 1 is 1.07 bits per heavy atom. The van der Waals surface area contributed by atoms with E-state index in [0.29, 0.717) is 0 Å². The van der Waals surface area contributed by atoms with Gasteiger partial charge in [-0.25, -0.2) is 13.2 Å². The number of carbonyl (C=O) groups excluding carboxylic acids is 3. The maximum absolute atomic E-state index is 12.9. The van der Waals surface area contributed by atoms with Gasteiger partial charge in [0.1, 0.15) is 0 Å². The molecule has 146 valence electrons. The lowest BCUT2D eigenvalue weighted by atomic mass is 10.0. The lowest BCUT2D eigenvalue weighted by Crippen LogP contribution is -2.35. The largest absolute Gasteiger partial charge is 0.452 e. The van der Waals surface area contributed by atoms with Gasteiger partial charge in [0.25, 0.3) is 5.91 Å². The Balaban J connectivity index is 1.86. The molecule has 1 atom stereocenters. The zero-order valence-electron chi connectivity index (χ0n) is 15.4. The summed E-state index contributed by atoms with van der Waals surface area (Å²) in [7, 11) is -3.95. The van der Waals surface area contributed by atoms with Crippen LogP contribution in [0.4, 0.5) is 0 Å². The average molecular weight is 401 g/mol. The highest BCUT2D eigenvalue weighted by Gasteiger charge is 2.35. The molecule has 8 heteroatoms. The van der Waals surface area contributed by atoms with Crippen molar-refractivity contribution in [1.29, 1.82) is 0 Å². The summed E-state index contributed by atoms with van der Waals surface area (Å²) in [6.07, 6.45) is 0.734. The zero-order valence-corrected chi connectivity index (χ0v) is 16.2. The minimum absolute atomic E-state index is 0.00441. The number of sulfone groups is 1. The number of hydrogen-bond acceptors (Lipinski definition) is 6. The molecule has 3 rings (SSSR count). The van der Waals surface area contributed by atoms with E-state index in [2.05, 4.69) is 5.32 Å². The monoisotopic (exact) mass is 401 g/mol. The van der Waals surface area contributed by atoms with Crippen molar-refractivity contribution in [3.8, 4) is 0 Å². The van der Waals surface area contributed by atoms with E-state index in [1.54, 1.807) is 6.07 Å². The minimum Gasteiger partial charge on any atom is -0.452 e. The molecule has 0 aliphatic carbocycles. The van der Waals surface area contributed by atoms with Gasteiger partial charge >= 0.3 is 5.97 Å². The number of ketones is 1. The van der Waals surface area contributed by atoms with Crippen molar-refractivity contribution in [2.45, 2.75) is 36.1 Å². The van der Waals surface area contributed by atoms with Crippen LogP contribution in [0, 0.1) is 0 Å². The van der Waals surface area contributed by atoms with Gasteiger partial charge in [-0.1, -0.05) is 19.1 Å². The van der Waals surface area contributed by atoms with Gasteiger partial charge in [0.05, 0.1) is 15.4 Å². The topological polar surface area (TPSA) is 107 Å². The summed E-state index contributed by atoms with van der Waals surface area (Å²) in [4.78, 5) is 36.2. The van der Waals surface area contributed by atoms with Gasteiger partial charge in [0, 0.05) is 17.2 Å². The summed E-state index contributed by atoms with van der Waals surface area (Å²) in [5.74, 6) is -1.71. The van der Waals surface area contributed by atoms with Crippen LogP contribution >= 0.6 is 0 Å². The van der Waals surface area contributed by atoms with Gasteiger partial charge in [-0.05, 0) is 43.7 Å². The first kappa shape index (κ1) is 19.8. The maximum atomic E-state index is 12.9. The second kappa shape index (κ2) is 7.55. The molecule has 0 saturated carbocycles. The van der Waals surface area contributed by atoms with E-state index in [-0.39, 0.29) is 32.5 Å². The van der Waals surface area contributed by atoms with Crippen LogP contribution in [-0.4, -0.2) is 38.7 Å². The van der Waals surface area contributed by atoms with Crippen molar-refractivity contribution in [1.82, 2.24) is 5.32 Å². The predicted octanol–water partition coefficient (Wildman–Crippen LogP) is 2.14. The smallest absolute Gasteiger partial charge is 0.338 e. The Labute approximate surface area is 162 Å². The molecule has 28 heavy (non-hydrogen) atoms. The van der Waals surface area contributed by atoms with Crippen LogP contribution in [0.1, 0.15) is 46.5 Å². The van der Waals surface area contributed by atoms with E-state index in [4.69, 9.17) is 4.74 Å². The first-order valence-electron chi connectivity index (χ1n) is 8.75. The van der Waals surface area contributed by atoms with Crippen LogP contribution in [0.5, 0.6) is 0 Å². The molecule has 0 spiro atoms. The second-order valence-corrected chi connectivity index (χ2v) is 8.38. The van der Waals surface area contributed by atoms with E-state index >= 15 is 0 Å². The van der Waals surface area contributed by atoms with Gasteiger partial charge in [-0.3, -0.25) is 9.59 Å². The molecule has 7 nitrogen and oxygen atoms in total. The van der Waals surface area contributed by atoms with Gasteiger partial charge < -0.3 is 10.1 Å². The summed E-state index contributed by atoms with van der Waals surface area (Å²) < 4.78 is 30.7. The number of esters is 1. The van der Waals surface area contributed by atoms with Crippen molar-refractivity contribution in [2.24, 2.45) is 0 Å². The molecule has 0 saturated heterocycles. The van der Waals surface area contributed by atoms with E-state index < -0.39 is 34.1 Å². The first-order valence-corrected chi connectivity index (χ1v) is 10.2. The third kappa shape index (κ3) is 3.55. The number of amides is 1. The molecular formula is C20H19NO6S. The fourth-order valence-corrected chi connectivity index (χ4v) is 4.52. The van der Waals surface area contributed by atoms with Crippen molar-refractivity contribution < 1.29 is 27.5 Å².